The largest absolute Gasteiger partial charge is 0.453 e. The molecule has 14 nitrogen and oxygen atoms in total. The number of primary amides is 1. The second-order valence-electron chi connectivity index (χ2n) is 15.3. The van der Waals surface area contributed by atoms with Gasteiger partial charge in [0.25, 0.3) is 5.91 Å². The summed E-state index contributed by atoms with van der Waals surface area (Å²) in [5.41, 5.74) is 11.1. The molecule has 2 aromatic heterocycles. The summed E-state index contributed by atoms with van der Waals surface area (Å²) in [5, 5.41) is 2.89. The van der Waals surface area contributed by atoms with Crippen molar-refractivity contribution < 1.29 is 28.7 Å². The van der Waals surface area contributed by atoms with E-state index in [0.29, 0.717) is 25.3 Å². The summed E-state index contributed by atoms with van der Waals surface area (Å²) in [6.45, 7) is 5.06. The first kappa shape index (κ1) is 38.6. The second-order valence-corrected chi connectivity index (χ2v) is 15.3. The number of benzene rings is 2. The number of carbonyl (C=O) groups is 4. The molecule has 2 aliphatic heterocycles. The molecule has 4 aromatic rings. The van der Waals surface area contributed by atoms with E-state index in [1.54, 1.807) is 11.1 Å². The minimum atomic E-state index is -0.949. The van der Waals surface area contributed by atoms with E-state index in [2.05, 4.69) is 68.8 Å². The van der Waals surface area contributed by atoms with Crippen LogP contribution in [0.15, 0.2) is 60.9 Å². The van der Waals surface area contributed by atoms with Gasteiger partial charge < -0.3 is 40.3 Å². The van der Waals surface area contributed by atoms with Gasteiger partial charge in [-0.1, -0.05) is 75.2 Å². The van der Waals surface area contributed by atoms with Gasteiger partial charge in [-0.05, 0) is 67.2 Å². The smallest absolute Gasteiger partial charge is 0.407 e. The molecular weight excluding hydrogens is 713 g/mol. The van der Waals surface area contributed by atoms with Gasteiger partial charge in [-0.3, -0.25) is 9.59 Å². The van der Waals surface area contributed by atoms with Crippen LogP contribution in [0.4, 0.5) is 9.59 Å². The van der Waals surface area contributed by atoms with E-state index in [1.807, 2.05) is 24.9 Å². The first-order chi connectivity index (χ1) is 27.1. The average molecular weight is 765 g/mol. The molecule has 7 rings (SSSR count). The predicted octanol–water partition coefficient (Wildman–Crippen LogP) is 6.89. The molecule has 3 fully saturated rings. The number of nitrogens with one attached hydrogen (secondary N) is 3. The van der Waals surface area contributed by atoms with Crippen LogP contribution < -0.4 is 11.1 Å². The minimum Gasteiger partial charge on any atom is -0.453 e. The summed E-state index contributed by atoms with van der Waals surface area (Å²) < 4.78 is 10.1. The number of methoxy groups -OCH3 is 1. The van der Waals surface area contributed by atoms with Crippen LogP contribution in [0.5, 0.6) is 0 Å². The van der Waals surface area contributed by atoms with E-state index in [4.69, 9.17) is 20.2 Å². The van der Waals surface area contributed by atoms with E-state index < -0.39 is 18.3 Å². The van der Waals surface area contributed by atoms with Gasteiger partial charge in [-0.15, -0.1) is 0 Å². The molecule has 4 heterocycles. The lowest BCUT2D eigenvalue weighted by Gasteiger charge is -2.35. The van der Waals surface area contributed by atoms with Crippen molar-refractivity contribution in [3.63, 3.8) is 0 Å². The van der Waals surface area contributed by atoms with Crippen LogP contribution in [0, 0.1) is 11.8 Å². The first-order valence-electron chi connectivity index (χ1n) is 19.9. The Kier molecular flexibility index (Phi) is 11.7. The predicted molar refractivity (Wildman–Crippen MR) is 210 cm³/mol. The highest BCUT2D eigenvalue weighted by Crippen LogP contribution is 2.37. The molecule has 6 atom stereocenters. The van der Waals surface area contributed by atoms with Crippen LogP contribution in [0.3, 0.4) is 0 Å². The Bertz CT molecular complexity index is 2010. The number of likely N-dealkylation sites (tertiary alicyclic amines) is 2. The minimum absolute atomic E-state index is 0.0753. The van der Waals surface area contributed by atoms with Crippen molar-refractivity contribution in [2.45, 2.75) is 95.9 Å². The van der Waals surface area contributed by atoms with Crippen molar-refractivity contribution >= 4 is 24.0 Å². The van der Waals surface area contributed by atoms with Gasteiger partial charge in [0.1, 0.15) is 11.6 Å². The van der Waals surface area contributed by atoms with Crippen molar-refractivity contribution in [2.24, 2.45) is 17.6 Å². The summed E-state index contributed by atoms with van der Waals surface area (Å²) >= 11 is 0. The molecule has 1 aliphatic carbocycles. The Morgan fingerprint density at radius 3 is 1.84 bits per heavy atom. The number of nitrogens with zero attached hydrogens (tertiary/aromatic N) is 4. The van der Waals surface area contributed by atoms with Crippen molar-refractivity contribution in [3.05, 3.63) is 72.6 Å². The number of hydrogen-bond acceptors (Lipinski definition) is 8. The number of carbonyl (C=O) groups excluding carboxylic acids is 4. The zero-order chi connectivity index (χ0) is 39.3. The normalized spacial score (nSPS) is 22.1. The number of alkyl carbamates (subject to hydrolysis) is 1. The van der Waals surface area contributed by atoms with Gasteiger partial charge in [0.05, 0.1) is 48.9 Å². The number of aromatic amines is 2. The summed E-state index contributed by atoms with van der Waals surface area (Å²) in [6, 6.07) is 16.0. The van der Waals surface area contributed by atoms with E-state index in [0.717, 1.165) is 90.8 Å². The molecule has 0 bridgehead atoms. The van der Waals surface area contributed by atoms with E-state index in [-0.39, 0.29) is 41.8 Å². The number of imidazole rings is 2. The quantitative estimate of drug-likeness (QED) is 0.127. The second kappa shape index (κ2) is 17.0. The summed E-state index contributed by atoms with van der Waals surface area (Å²) in [5.74, 6) is 0.883. The maximum absolute atomic E-state index is 13.8. The zero-order valence-corrected chi connectivity index (χ0v) is 32.3. The van der Waals surface area contributed by atoms with Gasteiger partial charge >= 0.3 is 12.2 Å². The van der Waals surface area contributed by atoms with Crippen LogP contribution in [0.25, 0.3) is 33.6 Å². The highest BCUT2D eigenvalue weighted by molar-refractivity contribution is 5.84. The van der Waals surface area contributed by atoms with Crippen molar-refractivity contribution in [1.29, 1.82) is 0 Å². The Hall–Kier alpha value is -5.66. The SMILES string of the molecule is CCC(C)[C@H](OC(N)=O)C(=O)N1CCC[C@H]1c1ncc(-c2ccc(-c3ccc(-c4cnc([C@@H]5CCCN5C(=O)[C@H]5CCCC[C@H]5NC(=O)OC)[nH]4)cc3)cc2)[nH]1. The number of amides is 4. The first-order valence-corrected chi connectivity index (χ1v) is 19.9. The number of rotatable bonds is 11. The van der Waals surface area contributed by atoms with Gasteiger partial charge in [0.15, 0.2) is 6.10 Å². The molecule has 2 aromatic carbocycles. The van der Waals surface area contributed by atoms with Gasteiger partial charge in [0, 0.05) is 25.0 Å². The number of nitrogens with two attached hydrogens (primary N) is 1. The molecule has 14 heteroatoms. The van der Waals surface area contributed by atoms with Crippen molar-refractivity contribution in [3.8, 4) is 33.6 Å². The van der Waals surface area contributed by atoms with E-state index >= 15 is 0 Å². The Morgan fingerprint density at radius 1 is 0.786 bits per heavy atom. The molecule has 0 spiro atoms. The third kappa shape index (κ3) is 8.14. The number of hydrogen-bond donors (Lipinski definition) is 4. The molecule has 296 valence electrons. The lowest BCUT2D eigenvalue weighted by atomic mass is 9.83. The van der Waals surface area contributed by atoms with E-state index in [1.165, 1.54) is 7.11 Å². The molecule has 2 saturated heterocycles. The molecule has 1 saturated carbocycles. The third-order valence-corrected chi connectivity index (χ3v) is 11.8. The maximum atomic E-state index is 13.8. The molecule has 3 aliphatic rings. The molecule has 5 N–H and O–H groups in total. The Morgan fingerprint density at radius 2 is 1.30 bits per heavy atom. The number of aromatic nitrogens is 4. The van der Waals surface area contributed by atoms with Crippen LogP contribution >= 0.6 is 0 Å². The standard InChI is InChI=1S/C42H52N8O6/c1-4-25(2)36(56-41(43)53)40(52)50-22-8-12-35(50)38-45-24-33(47-38)29-19-15-27(16-20-29)26-13-17-28(18-14-26)32-23-44-37(46-32)34-11-7-21-49(34)39(51)30-9-5-6-10-31(30)48-42(54)55-3/h13-20,23-25,30-31,34-36H,4-12,21-22H2,1-3H3,(H2,43,53)(H,44,46)(H,45,47)(H,48,54)/t25?,30-,31+,34-,35-,36-/m0/s1. The highest BCUT2D eigenvalue weighted by atomic mass is 16.6. The summed E-state index contributed by atoms with van der Waals surface area (Å²) in [6.07, 6.45) is 8.70. The monoisotopic (exact) mass is 764 g/mol. The van der Waals surface area contributed by atoms with Crippen LogP contribution in [0.2, 0.25) is 0 Å². The average Bonchev–Trinajstić information content (AvgIpc) is 4.06. The fourth-order valence-electron chi connectivity index (χ4n) is 8.55. The third-order valence-electron chi connectivity index (χ3n) is 11.8. The highest BCUT2D eigenvalue weighted by Gasteiger charge is 2.41. The zero-order valence-electron chi connectivity index (χ0n) is 32.3. The lowest BCUT2D eigenvalue weighted by Crippen LogP contribution is -2.49. The van der Waals surface area contributed by atoms with Crippen LogP contribution in [-0.2, 0) is 19.1 Å². The van der Waals surface area contributed by atoms with Crippen LogP contribution in [0.1, 0.15) is 95.4 Å². The Balaban J connectivity index is 0.994. The molecule has 4 amide bonds. The fraction of sp³-hybridized carbons (Fsp3) is 0.476. The number of H-pyrrole nitrogens is 2. The van der Waals surface area contributed by atoms with Crippen LogP contribution in [-0.4, -0.2) is 86.1 Å². The fourth-order valence-corrected chi connectivity index (χ4v) is 8.55. The van der Waals surface area contributed by atoms with E-state index in [9.17, 15) is 19.2 Å². The van der Waals surface area contributed by atoms with Gasteiger partial charge in [-0.25, -0.2) is 19.6 Å². The maximum Gasteiger partial charge on any atom is 0.407 e. The molecule has 0 radical (unpaired) electrons. The lowest BCUT2D eigenvalue weighted by molar-refractivity contribution is -0.144. The number of ether oxygens (including phenoxy) is 2. The molecular formula is C42H52N8O6. The molecule has 1 unspecified atom stereocenters. The van der Waals surface area contributed by atoms with Gasteiger partial charge in [-0.2, -0.15) is 0 Å². The Labute approximate surface area is 326 Å². The topological polar surface area (TPSA) is 189 Å². The summed E-state index contributed by atoms with van der Waals surface area (Å²) in [7, 11) is 1.35. The van der Waals surface area contributed by atoms with Crippen molar-refractivity contribution in [1.82, 2.24) is 35.1 Å². The van der Waals surface area contributed by atoms with Crippen molar-refractivity contribution in [2.75, 3.05) is 20.2 Å². The summed E-state index contributed by atoms with van der Waals surface area (Å²) in [4.78, 5) is 70.9. The molecule has 56 heavy (non-hydrogen) atoms. The van der Waals surface area contributed by atoms with Gasteiger partial charge in [0.2, 0.25) is 5.91 Å².